The standard InChI is InChI=1S/C15H21N3O/c19-15-7-9-18(17-15)14-6-2-1-5-13(14)10-12-4-3-8-16-11-12/h1-2,5-6,12,16H,3-4,7-11H2,(H,17,19). The number of carbonyl (C=O) groups excluding carboxylic acids is 1. The zero-order valence-corrected chi connectivity index (χ0v) is 11.2. The molecule has 2 heterocycles. The maximum absolute atomic E-state index is 11.4. The van der Waals surface area contributed by atoms with Gasteiger partial charge in [0.25, 0.3) is 0 Å². The first-order valence-corrected chi connectivity index (χ1v) is 7.18. The van der Waals surface area contributed by atoms with Crippen LogP contribution in [0.3, 0.4) is 0 Å². The van der Waals surface area contributed by atoms with Gasteiger partial charge >= 0.3 is 0 Å². The Morgan fingerprint density at radius 3 is 2.95 bits per heavy atom. The first-order chi connectivity index (χ1) is 9.33. The molecule has 0 spiro atoms. The van der Waals surface area contributed by atoms with Crippen molar-refractivity contribution in [2.75, 3.05) is 24.6 Å². The monoisotopic (exact) mass is 259 g/mol. The number of nitrogens with zero attached hydrogens (tertiary/aromatic N) is 1. The lowest BCUT2D eigenvalue weighted by Crippen LogP contribution is -2.35. The molecule has 1 unspecified atom stereocenters. The minimum Gasteiger partial charge on any atom is -0.316 e. The average molecular weight is 259 g/mol. The Balaban J connectivity index is 1.75. The molecular weight excluding hydrogens is 238 g/mol. The second-order valence-electron chi connectivity index (χ2n) is 5.48. The molecule has 102 valence electrons. The Labute approximate surface area is 114 Å². The Morgan fingerprint density at radius 2 is 2.21 bits per heavy atom. The fourth-order valence-corrected chi connectivity index (χ4v) is 3.01. The van der Waals surface area contributed by atoms with Crippen LogP contribution in [0.5, 0.6) is 0 Å². The summed E-state index contributed by atoms with van der Waals surface area (Å²) in [6.07, 6.45) is 4.26. The molecule has 0 saturated carbocycles. The number of carbonyl (C=O) groups is 1. The minimum atomic E-state index is 0.120. The highest BCUT2D eigenvalue weighted by Gasteiger charge is 2.22. The van der Waals surface area contributed by atoms with Gasteiger partial charge in [-0.3, -0.25) is 15.2 Å². The van der Waals surface area contributed by atoms with Crippen molar-refractivity contribution in [2.24, 2.45) is 5.92 Å². The highest BCUT2D eigenvalue weighted by molar-refractivity contribution is 5.81. The number of amides is 1. The first kappa shape index (κ1) is 12.5. The third-order valence-electron chi connectivity index (χ3n) is 4.01. The van der Waals surface area contributed by atoms with Crippen molar-refractivity contribution in [1.29, 1.82) is 0 Å². The highest BCUT2D eigenvalue weighted by Crippen LogP contribution is 2.26. The predicted molar refractivity (Wildman–Crippen MR) is 75.8 cm³/mol. The molecule has 2 aliphatic rings. The fraction of sp³-hybridized carbons (Fsp3) is 0.533. The van der Waals surface area contributed by atoms with E-state index in [9.17, 15) is 4.79 Å². The third-order valence-corrected chi connectivity index (χ3v) is 4.01. The molecule has 3 rings (SSSR count). The van der Waals surface area contributed by atoms with Crippen LogP contribution in [0.15, 0.2) is 24.3 Å². The molecule has 1 atom stereocenters. The fourth-order valence-electron chi connectivity index (χ4n) is 3.01. The smallest absolute Gasteiger partial charge is 0.240 e. The van der Waals surface area contributed by atoms with Crippen molar-refractivity contribution in [3.63, 3.8) is 0 Å². The summed E-state index contributed by atoms with van der Waals surface area (Å²) >= 11 is 0. The van der Waals surface area contributed by atoms with Gasteiger partial charge in [-0.15, -0.1) is 0 Å². The molecular formula is C15H21N3O. The number of para-hydroxylation sites is 1. The number of anilines is 1. The van der Waals surface area contributed by atoms with Crippen LogP contribution in [0.25, 0.3) is 0 Å². The van der Waals surface area contributed by atoms with Crippen LogP contribution >= 0.6 is 0 Å². The topological polar surface area (TPSA) is 44.4 Å². The normalized spacial score (nSPS) is 23.5. The van der Waals surface area contributed by atoms with E-state index in [1.165, 1.54) is 24.1 Å². The summed E-state index contributed by atoms with van der Waals surface area (Å²) in [6, 6.07) is 8.43. The lowest BCUT2D eigenvalue weighted by Gasteiger charge is -2.26. The highest BCUT2D eigenvalue weighted by atomic mass is 16.2. The van der Waals surface area contributed by atoms with Gasteiger partial charge in [0.15, 0.2) is 0 Å². The van der Waals surface area contributed by atoms with Gasteiger partial charge in [-0.05, 0) is 49.9 Å². The number of hydrazine groups is 1. The Morgan fingerprint density at radius 1 is 1.32 bits per heavy atom. The number of hydrogen-bond donors (Lipinski definition) is 2. The lowest BCUT2D eigenvalue weighted by atomic mass is 9.91. The van der Waals surface area contributed by atoms with E-state index in [1.807, 2.05) is 11.1 Å². The number of benzene rings is 1. The van der Waals surface area contributed by atoms with E-state index in [0.717, 1.165) is 26.1 Å². The molecule has 19 heavy (non-hydrogen) atoms. The predicted octanol–water partition coefficient (Wildman–Crippen LogP) is 1.47. The molecule has 2 aliphatic heterocycles. The number of piperidine rings is 1. The van der Waals surface area contributed by atoms with Gasteiger partial charge in [-0.25, -0.2) is 0 Å². The summed E-state index contributed by atoms with van der Waals surface area (Å²) in [5.41, 5.74) is 5.44. The molecule has 0 aliphatic carbocycles. The largest absolute Gasteiger partial charge is 0.316 e. The molecule has 4 nitrogen and oxygen atoms in total. The van der Waals surface area contributed by atoms with Crippen LogP contribution < -0.4 is 15.8 Å². The van der Waals surface area contributed by atoms with Gasteiger partial charge in [-0.2, -0.15) is 0 Å². The van der Waals surface area contributed by atoms with Crippen molar-refractivity contribution < 1.29 is 4.79 Å². The van der Waals surface area contributed by atoms with Crippen molar-refractivity contribution in [2.45, 2.75) is 25.7 Å². The van der Waals surface area contributed by atoms with Crippen LogP contribution in [0, 0.1) is 5.92 Å². The summed E-state index contributed by atoms with van der Waals surface area (Å²) in [6.45, 7) is 3.04. The van der Waals surface area contributed by atoms with E-state index in [4.69, 9.17) is 0 Å². The minimum absolute atomic E-state index is 0.120. The second-order valence-corrected chi connectivity index (χ2v) is 5.48. The second kappa shape index (κ2) is 5.61. The Bertz CT molecular complexity index is 454. The molecule has 0 radical (unpaired) electrons. The van der Waals surface area contributed by atoms with Crippen LogP contribution in [-0.2, 0) is 11.2 Å². The van der Waals surface area contributed by atoms with Gasteiger partial charge in [0, 0.05) is 13.0 Å². The van der Waals surface area contributed by atoms with Crippen LogP contribution in [0.2, 0.25) is 0 Å². The number of hydrogen-bond acceptors (Lipinski definition) is 3. The van der Waals surface area contributed by atoms with Crippen molar-refractivity contribution >= 4 is 11.6 Å². The van der Waals surface area contributed by atoms with Crippen LogP contribution in [0.4, 0.5) is 5.69 Å². The Hall–Kier alpha value is -1.55. The van der Waals surface area contributed by atoms with Gasteiger partial charge in [0.05, 0.1) is 5.69 Å². The van der Waals surface area contributed by atoms with Gasteiger partial charge in [0.1, 0.15) is 0 Å². The zero-order chi connectivity index (χ0) is 13.1. The number of rotatable bonds is 3. The maximum atomic E-state index is 11.4. The van der Waals surface area contributed by atoms with Crippen LogP contribution in [-0.4, -0.2) is 25.5 Å². The molecule has 0 bridgehead atoms. The molecule has 1 aromatic carbocycles. The molecule has 0 aromatic heterocycles. The molecule has 2 N–H and O–H groups in total. The van der Waals surface area contributed by atoms with Crippen LogP contribution in [0.1, 0.15) is 24.8 Å². The summed E-state index contributed by atoms with van der Waals surface area (Å²) in [4.78, 5) is 11.4. The van der Waals surface area contributed by atoms with Crippen molar-refractivity contribution in [1.82, 2.24) is 10.7 Å². The van der Waals surface area contributed by atoms with Crippen molar-refractivity contribution in [3.8, 4) is 0 Å². The molecule has 1 aromatic rings. The van der Waals surface area contributed by atoms with E-state index >= 15 is 0 Å². The van der Waals surface area contributed by atoms with E-state index in [2.05, 4.69) is 28.9 Å². The van der Waals surface area contributed by atoms with Gasteiger partial charge < -0.3 is 5.32 Å². The van der Waals surface area contributed by atoms with E-state index in [1.54, 1.807) is 0 Å². The molecule has 2 fully saturated rings. The molecule has 1 amide bonds. The maximum Gasteiger partial charge on any atom is 0.240 e. The van der Waals surface area contributed by atoms with E-state index in [0.29, 0.717) is 12.3 Å². The lowest BCUT2D eigenvalue weighted by molar-refractivity contribution is -0.119. The van der Waals surface area contributed by atoms with E-state index in [-0.39, 0.29) is 5.91 Å². The molecule has 2 saturated heterocycles. The summed E-state index contributed by atoms with van der Waals surface area (Å²) in [5.74, 6) is 0.836. The first-order valence-electron chi connectivity index (χ1n) is 7.18. The summed E-state index contributed by atoms with van der Waals surface area (Å²) < 4.78 is 0. The van der Waals surface area contributed by atoms with Gasteiger partial charge in [0.2, 0.25) is 5.91 Å². The van der Waals surface area contributed by atoms with Crippen molar-refractivity contribution in [3.05, 3.63) is 29.8 Å². The van der Waals surface area contributed by atoms with E-state index < -0.39 is 0 Å². The SMILES string of the molecule is O=C1CCN(c2ccccc2CC2CCCNC2)N1. The zero-order valence-electron chi connectivity index (χ0n) is 11.2. The van der Waals surface area contributed by atoms with Gasteiger partial charge in [-0.1, -0.05) is 18.2 Å². The molecule has 4 heteroatoms. The Kier molecular flexibility index (Phi) is 3.69. The quantitative estimate of drug-likeness (QED) is 0.864. The third kappa shape index (κ3) is 2.89. The summed E-state index contributed by atoms with van der Waals surface area (Å²) in [7, 11) is 0. The number of nitrogens with one attached hydrogen (secondary N) is 2. The summed E-state index contributed by atoms with van der Waals surface area (Å²) in [5, 5.41) is 5.46. The average Bonchev–Trinajstić information content (AvgIpc) is 2.87.